The first-order valence-electron chi connectivity index (χ1n) is 6.77. The van der Waals surface area contributed by atoms with Gasteiger partial charge in [-0.15, -0.1) is 11.8 Å². The van der Waals surface area contributed by atoms with E-state index in [1.165, 1.54) is 36.4 Å². The van der Waals surface area contributed by atoms with Crippen molar-refractivity contribution in [3.8, 4) is 0 Å². The lowest BCUT2D eigenvalue weighted by Gasteiger charge is -2.29. The van der Waals surface area contributed by atoms with E-state index in [-0.39, 0.29) is 4.75 Å². The average Bonchev–Trinajstić information content (AvgIpc) is 2.60. The van der Waals surface area contributed by atoms with Gasteiger partial charge in [0.1, 0.15) is 0 Å². The maximum absolute atomic E-state index is 2.44. The molecule has 3 rings (SSSR count). The Hall–Kier alpha value is -0.730. The van der Waals surface area contributed by atoms with E-state index in [9.17, 15) is 0 Å². The summed E-state index contributed by atoms with van der Waals surface area (Å²) >= 11 is 2.02. The quantitative estimate of drug-likeness (QED) is 0.691. The van der Waals surface area contributed by atoms with E-state index < -0.39 is 0 Å². The lowest BCUT2D eigenvalue weighted by Crippen LogP contribution is -2.28. The van der Waals surface area contributed by atoms with Gasteiger partial charge in [-0.2, -0.15) is 0 Å². The van der Waals surface area contributed by atoms with Gasteiger partial charge in [-0.1, -0.05) is 23.8 Å². The van der Waals surface area contributed by atoms with Crippen LogP contribution in [0.15, 0.2) is 34.7 Å². The molecule has 0 radical (unpaired) electrons. The van der Waals surface area contributed by atoms with E-state index in [0.717, 1.165) is 0 Å². The molecule has 96 valence electrons. The number of thioether (sulfide) groups is 1. The Morgan fingerprint density at radius 3 is 2.50 bits per heavy atom. The Bertz CT molecular complexity index is 492. The molecule has 1 fully saturated rings. The third-order valence-electron chi connectivity index (χ3n) is 4.07. The first-order chi connectivity index (χ1) is 8.58. The van der Waals surface area contributed by atoms with Crippen molar-refractivity contribution in [2.24, 2.45) is 0 Å². The average molecular weight is 259 g/mol. The van der Waals surface area contributed by atoms with E-state index in [0.29, 0.717) is 0 Å². The molecule has 0 amide bonds. The van der Waals surface area contributed by atoms with Gasteiger partial charge in [-0.25, -0.2) is 0 Å². The van der Waals surface area contributed by atoms with Crippen molar-refractivity contribution in [1.82, 2.24) is 4.90 Å². The molecule has 0 N–H and O–H groups in total. The summed E-state index contributed by atoms with van der Waals surface area (Å²) < 4.78 is 0.245. The minimum Gasteiger partial charge on any atom is -0.306 e. The molecule has 2 aliphatic rings. The Kier molecular flexibility index (Phi) is 3.03. The van der Waals surface area contributed by atoms with Crippen molar-refractivity contribution in [1.29, 1.82) is 0 Å². The van der Waals surface area contributed by atoms with Crippen LogP contribution in [-0.4, -0.2) is 29.8 Å². The van der Waals surface area contributed by atoms with Crippen LogP contribution >= 0.6 is 11.8 Å². The molecule has 0 atom stereocenters. The summed E-state index contributed by atoms with van der Waals surface area (Å²) in [5, 5.41) is 0. The molecule has 0 spiro atoms. The molecular formula is C16H21NS. The highest BCUT2D eigenvalue weighted by atomic mass is 32.2. The van der Waals surface area contributed by atoms with E-state index in [2.05, 4.69) is 50.1 Å². The molecule has 2 aliphatic heterocycles. The summed E-state index contributed by atoms with van der Waals surface area (Å²) in [6.45, 7) is 7.17. The van der Waals surface area contributed by atoms with Gasteiger partial charge in [0.05, 0.1) is 0 Å². The zero-order valence-corrected chi connectivity index (χ0v) is 12.3. The van der Waals surface area contributed by atoms with Crippen LogP contribution in [0.4, 0.5) is 0 Å². The molecule has 0 aliphatic carbocycles. The van der Waals surface area contributed by atoms with Crippen molar-refractivity contribution < 1.29 is 0 Å². The second-order valence-electron chi connectivity index (χ2n) is 5.89. The summed E-state index contributed by atoms with van der Waals surface area (Å²) in [6.07, 6.45) is 2.48. The highest BCUT2D eigenvalue weighted by molar-refractivity contribution is 8.01. The summed E-state index contributed by atoms with van der Waals surface area (Å²) in [6, 6.07) is 8.91. The van der Waals surface area contributed by atoms with Crippen molar-refractivity contribution >= 4 is 17.3 Å². The molecule has 18 heavy (non-hydrogen) atoms. The summed E-state index contributed by atoms with van der Waals surface area (Å²) in [5.41, 5.74) is 4.80. The normalized spacial score (nSPS) is 23.3. The molecule has 1 saturated heterocycles. The Balaban J connectivity index is 2.07. The minimum atomic E-state index is 0.245. The molecule has 2 heteroatoms. The van der Waals surface area contributed by atoms with Crippen LogP contribution in [0, 0.1) is 0 Å². The summed E-state index contributed by atoms with van der Waals surface area (Å²) in [7, 11) is 2.23. The van der Waals surface area contributed by atoms with E-state index in [1.807, 2.05) is 11.8 Å². The van der Waals surface area contributed by atoms with Crippen molar-refractivity contribution in [3.63, 3.8) is 0 Å². The zero-order valence-electron chi connectivity index (χ0n) is 11.5. The van der Waals surface area contributed by atoms with Gasteiger partial charge in [-0.3, -0.25) is 0 Å². The fraction of sp³-hybridized carbons (Fsp3) is 0.500. The van der Waals surface area contributed by atoms with Crippen LogP contribution < -0.4 is 0 Å². The highest BCUT2D eigenvalue weighted by Gasteiger charge is 2.36. The first-order valence-corrected chi connectivity index (χ1v) is 7.59. The summed E-state index contributed by atoms with van der Waals surface area (Å²) in [5.74, 6) is 0. The van der Waals surface area contributed by atoms with E-state index in [1.54, 1.807) is 11.1 Å². The molecule has 0 saturated carbocycles. The van der Waals surface area contributed by atoms with Gasteiger partial charge < -0.3 is 4.90 Å². The van der Waals surface area contributed by atoms with Crippen LogP contribution in [0.25, 0.3) is 5.57 Å². The van der Waals surface area contributed by atoms with Crippen molar-refractivity contribution in [2.75, 3.05) is 20.1 Å². The number of fused-ring (bicyclic) bond motifs is 1. The number of likely N-dealkylation sites (tertiary alicyclic amines) is 1. The fourth-order valence-electron chi connectivity index (χ4n) is 3.17. The smallest absolute Gasteiger partial charge is 0.0405 e. The van der Waals surface area contributed by atoms with E-state index >= 15 is 0 Å². The number of benzene rings is 1. The topological polar surface area (TPSA) is 3.24 Å². The van der Waals surface area contributed by atoms with Crippen molar-refractivity contribution in [3.05, 3.63) is 35.4 Å². The molecule has 0 aromatic heterocycles. The molecule has 1 aromatic carbocycles. The largest absolute Gasteiger partial charge is 0.306 e. The highest BCUT2D eigenvalue weighted by Crippen LogP contribution is 2.54. The first kappa shape index (κ1) is 12.3. The van der Waals surface area contributed by atoms with Crippen LogP contribution in [0.5, 0.6) is 0 Å². The predicted molar refractivity (Wildman–Crippen MR) is 80.0 cm³/mol. The van der Waals surface area contributed by atoms with Gasteiger partial charge in [-0.05, 0) is 50.9 Å². The maximum Gasteiger partial charge on any atom is 0.0405 e. The lowest BCUT2D eigenvalue weighted by atomic mass is 9.86. The maximum atomic E-state index is 2.44. The number of piperidine rings is 1. The van der Waals surface area contributed by atoms with Gasteiger partial charge in [0.2, 0.25) is 0 Å². The second kappa shape index (κ2) is 4.43. The summed E-state index contributed by atoms with van der Waals surface area (Å²) in [4.78, 5) is 3.90. The molecular weight excluding hydrogens is 238 g/mol. The van der Waals surface area contributed by atoms with Gasteiger partial charge in [0.15, 0.2) is 0 Å². The number of hydrogen-bond donors (Lipinski definition) is 0. The minimum absolute atomic E-state index is 0.245. The number of rotatable bonds is 0. The monoisotopic (exact) mass is 259 g/mol. The van der Waals surface area contributed by atoms with Crippen LogP contribution in [0.3, 0.4) is 0 Å². The van der Waals surface area contributed by atoms with E-state index in [4.69, 9.17) is 0 Å². The lowest BCUT2D eigenvalue weighted by molar-refractivity contribution is 0.312. The third-order valence-corrected chi connectivity index (χ3v) is 5.36. The predicted octanol–water partition coefficient (Wildman–Crippen LogP) is 4.05. The van der Waals surface area contributed by atoms with Crippen LogP contribution in [0.2, 0.25) is 0 Å². The molecule has 1 nitrogen and oxygen atoms in total. The van der Waals surface area contributed by atoms with Crippen LogP contribution in [-0.2, 0) is 0 Å². The fourth-order valence-corrected chi connectivity index (χ4v) is 4.50. The molecule has 0 unspecified atom stereocenters. The SMILES string of the molecule is CN1CCC(=C2c3ccccc3SC2(C)C)CC1. The number of nitrogens with zero attached hydrogens (tertiary/aromatic N) is 1. The molecule has 1 aromatic rings. The van der Waals surface area contributed by atoms with Gasteiger partial charge >= 0.3 is 0 Å². The second-order valence-corrected chi connectivity index (χ2v) is 7.55. The molecule has 0 bridgehead atoms. The van der Waals surface area contributed by atoms with Gasteiger partial charge in [0.25, 0.3) is 0 Å². The Labute approximate surface area is 114 Å². The number of hydrogen-bond acceptors (Lipinski definition) is 2. The third kappa shape index (κ3) is 2.02. The standard InChI is InChI=1S/C16H21NS/c1-16(2)15(12-8-10-17(3)11-9-12)13-6-4-5-7-14(13)18-16/h4-7H,8-11H2,1-3H3. The Morgan fingerprint density at radius 2 is 1.78 bits per heavy atom. The van der Waals surface area contributed by atoms with Crippen LogP contribution in [0.1, 0.15) is 32.3 Å². The van der Waals surface area contributed by atoms with Gasteiger partial charge in [0, 0.05) is 22.7 Å². The van der Waals surface area contributed by atoms with Crippen molar-refractivity contribution in [2.45, 2.75) is 36.3 Å². The Morgan fingerprint density at radius 1 is 1.11 bits per heavy atom. The zero-order chi connectivity index (χ0) is 12.8. The molecule has 2 heterocycles.